The van der Waals surface area contributed by atoms with Crippen molar-refractivity contribution in [3.05, 3.63) is 57.9 Å². The minimum Gasteiger partial charge on any atom is -0.493 e. The average Bonchev–Trinajstić information content (AvgIpc) is 2.62. The van der Waals surface area contributed by atoms with Crippen molar-refractivity contribution >= 4 is 17.5 Å². The molecule has 1 aromatic heterocycles. The molecule has 0 spiro atoms. The lowest BCUT2D eigenvalue weighted by molar-refractivity contribution is 0.274. The van der Waals surface area contributed by atoms with Gasteiger partial charge >= 0.3 is 0 Å². The minimum atomic E-state index is -0.561. The average molecular weight is 338 g/mol. The SMILES string of the molecule is C=Cc1ccc(N=Nc2c(C)c(C#N)c(O)n(CCCO)c2=O)cc1. The van der Waals surface area contributed by atoms with Gasteiger partial charge in [0.25, 0.3) is 5.56 Å². The monoisotopic (exact) mass is 338 g/mol. The van der Waals surface area contributed by atoms with Crippen molar-refractivity contribution in [1.29, 1.82) is 5.26 Å². The molecule has 0 aliphatic rings. The fourth-order valence-corrected chi connectivity index (χ4v) is 2.28. The van der Waals surface area contributed by atoms with Gasteiger partial charge in [0.1, 0.15) is 11.6 Å². The molecule has 0 atom stereocenters. The molecule has 0 amide bonds. The number of nitriles is 1. The van der Waals surface area contributed by atoms with Gasteiger partial charge in [-0.25, -0.2) is 0 Å². The smallest absolute Gasteiger partial charge is 0.281 e. The minimum absolute atomic E-state index is 0.0138. The molecular formula is C18H18N4O3. The predicted molar refractivity (Wildman–Crippen MR) is 94.2 cm³/mol. The second kappa shape index (κ2) is 8.04. The summed E-state index contributed by atoms with van der Waals surface area (Å²) in [5.41, 5.74) is 1.12. The molecule has 0 saturated heterocycles. The highest BCUT2D eigenvalue weighted by Crippen LogP contribution is 2.27. The van der Waals surface area contributed by atoms with Gasteiger partial charge < -0.3 is 10.2 Å². The predicted octanol–water partition coefficient (Wildman–Crippen LogP) is 3.17. The Morgan fingerprint density at radius 2 is 2.00 bits per heavy atom. The van der Waals surface area contributed by atoms with Crippen LogP contribution in [0.2, 0.25) is 0 Å². The number of azo groups is 1. The second-order valence-electron chi connectivity index (χ2n) is 5.31. The normalized spacial score (nSPS) is 10.8. The van der Waals surface area contributed by atoms with Gasteiger partial charge in [0.15, 0.2) is 5.69 Å². The Bertz CT molecular complexity index is 906. The molecule has 0 fully saturated rings. The fourth-order valence-electron chi connectivity index (χ4n) is 2.28. The first-order valence-corrected chi connectivity index (χ1v) is 7.65. The lowest BCUT2D eigenvalue weighted by atomic mass is 10.1. The number of aromatic hydroxyl groups is 1. The fraction of sp³-hybridized carbons (Fsp3) is 0.222. The molecule has 25 heavy (non-hydrogen) atoms. The number of hydrogen-bond acceptors (Lipinski definition) is 6. The molecule has 2 N–H and O–H groups in total. The maximum atomic E-state index is 12.6. The van der Waals surface area contributed by atoms with Crippen LogP contribution in [-0.4, -0.2) is 21.4 Å². The molecule has 0 unspecified atom stereocenters. The first-order valence-electron chi connectivity index (χ1n) is 7.65. The third-order valence-electron chi connectivity index (χ3n) is 3.70. The van der Waals surface area contributed by atoms with Crippen molar-refractivity contribution in [2.75, 3.05) is 6.61 Å². The largest absolute Gasteiger partial charge is 0.493 e. The van der Waals surface area contributed by atoms with Gasteiger partial charge in [0, 0.05) is 18.7 Å². The van der Waals surface area contributed by atoms with Gasteiger partial charge in [-0.1, -0.05) is 24.8 Å². The zero-order valence-corrected chi connectivity index (χ0v) is 13.8. The maximum Gasteiger partial charge on any atom is 0.281 e. The van der Waals surface area contributed by atoms with Crippen molar-refractivity contribution in [2.45, 2.75) is 19.9 Å². The second-order valence-corrected chi connectivity index (χ2v) is 5.31. The van der Waals surface area contributed by atoms with Crippen LogP contribution in [0.3, 0.4) is 0 Å². The van der Waals surface area contributed by atoms with E-state index in [2.05, 4.69) is 16.8 Å². The Labute approximate surface area is 144 Å². The first-order chi connectivity index (χ1) is 12.0. The van der Waals surface area contributed by atoms with Crippen molar-refractivity contribution in [2.24, 2.45) is 10.2 Å². The van der Waals surface area contributed by atoms with Crippen molar-refractivity contribution in [1.82, 2.24) is 4.57 Å². The molecule has 1 aromatic carbocycles. The molecule has 128 valence electrons. The van der Waals surface area contributed by atoms with Crippen LogP contribution in [0, 0.1) is 18.3 Å². The molecule has 0 radical (unpaired) electrons. The molecule has 0 saturated carbocycles. The van der Waals surface area contributed by atoms with Gasteiger partial charge in [-0.15, -0.1) is 5.11 Å². The zero-order valence-electron chi connectivity index (χ0n) is 13.8. The van der Waals surface area contributed by atoms with E-state index in [-0.39, 0.29) is 36.4 Å². The summed E-state index contributed by atoms with van der Waals surface area (Å²) in [5, 5.41) is 36.3. The van der Waals surface area contributed by atoms with Crippen LogP contribution in [0.4, 0.5) is 11.4 Å². The number of benzene rings is 1. The number of aliphatic hydroxyl groups excluding tert-OH is 1. The van der Waals surface area contributed by atoms with Gasteiger partial charge in [-0.2, -0.15) is 10.4 Å². The topological polar surface area (TPSA) is 111 Å². The summed E-state index contributed by atoms with van der Waals surface area (Å²) in [5.74, 6) is -0.423. The van der Waals surface area contributed by atoms with Crippen molar-refractivity contribution < 1.29 is 10.2 Å². The highest BCUT2D eigenvalue weighted by atomic mass is 16.3. The van der Waals surface area contributed by atoms with Crippen LogP contribution >= 0.6 is 0 Å². The third-order valence-corrected chi connectivity index (χ3v) is 3.70. The van der Waals surface area contributed by atoms with E-state index in [1.54, 1.807) is 18.2 Å². The van der Waals surface area contributed by atoms with Gasteiger partial charge in [0.2, 0.25) is 5.88 Å². The van der Waals surface area contributed by atoms with E-state index in [1.165, 1.54) is 6.92 Å². The van der Waals surface area contributed by atoms with E-state index in [0.29, 0.717) is 5.69 Å². The lowest BCUT2D eigenvalue weighted by Gasteiger charge is -2.12. The third kappa shape index (κ3) is 3.82. The maximum absolute atomic E-state index is 12.6. The number of aliphatic hydroxyl groups is 1. The van der Waals surface area contributed by atoms with Crippen molar-refractivity contribution in [3.63, 3.8) is 0 Å². The van der Waals surface area contributed by atoms with E-state index in [9.17, 15) is 15.2 Å². The Hall–Kier alpha value is -3.24. The number of nitrogens with zero attached hydrogens (tertiary/aromatic N) is 4. The van der Waals surface area contributed by atoms with E-state index < -0.39 is 11.4 Å². The summed E-state index contributed by atoms with van der Waals surface area (Å²) in [7, 11) is 0. The lowest BCUT2D eigenvalue weighted by Crippen LogP contribution is -2.22. The number of rotatable bonds is 6. The van der Waals surface area contributed by atoms with Crippen LogP contribution < -0.4 is 5.56 Å². The van der Waals surface area contributed by atoms with E-state index >= 15 is 0 Å². The van der Waals surface area contributed by atoms with E-state index in [4.69, 9.17) is 5.11 Å². The van der Waals surface area contributed by atoms with Crippen LogP contribution in [0.25, 0.3) is 6.08 Å². The Balaban J connectivity index is 2.52. The molecule has 0 aliphatic heterocycles. The summed E-state index contributed by atoms with van der Waals surface area (Å²) in [6.07, 6.45) is 1.96. The standard InChI is InChI=1S/C18H18N4O3/c1-3-13-5-7-14(8-6-13)20-21-16-12(2)15(11-19)17(24)22(18(16)25)9-4-10-23/h3,5-8,23-24H,1,4,9-10H2,2H3. The first kappa shape index (κ1) is 18.1. The van der Waals surface area contributed by atoms with Crippen molar-refractivity contribution in [3.8, 4) is 11.9 Å². The molecule has 0 bridgehead atoms. The number of pyridine rings is 1. The summed E-state index contributed by atoms with van der Waals surface area (Å²) in [6.45, 7) is 5.13. The quantitative estimate of drug-likeness (QED) is 0.788. The number of aromatic nitrogens is 1. The molecular weight excluding hydrogens is 320 g/mol. The summed E-state index contributed by atoms with van der Waals surface area (Å²) < 4.78 is 1.02. The van der Waals surface area contributed by atoms with Crippen LogP contribution in [-0.2, 0) is 6.54 Å². The molecule has 7 heteroatoms. The van der Waals surface area contributed by atoms with E-state index in [0.717, 1.165) is 10.1 Å². The molecule has 7 nitrogen and oxygen atoms in total. The van der Waals surface area contributed by atoms with Crippen LogP contribution in [0.15, 0.2) is 45.9 Å². The summed E-state index contributed by atoms with van der Waals surface area (Å²) in [6, 6.07) is 8.95. The van der Waals surface area contributed by atoms with Crippen LogP contribution in [0.1, 0.15) is 23.1 Å². The van der Waals surface area contributed by atoms with Gasteiger partial charge in [-0.3, -0.25) is 9.36 Å². The van der Waals surface area contributed by atoms with Crippen LogP contribution in [0.5, 0.6) is 5.88 Å². The Morgan fingerprint density at radius 3 is 2.56 bits per heavy atom. The highest BCUT2D eigenvalue weighted by molar-refractivity contribution is 5.57. The van der Waals surface area contributed by atoms with Gasteiger partial charge in [0.05, 0.1) is 5.69 Å². The Morgan fingerprint density at radius 1 is 1.32 bits per heavy atom. The zero-order chi connectivity index (χ0) is 18.4. The highest BCUT2D eigenvalue weighted by Gasteiger charge is 2.18. The molecule has 0 aliphatic carbocycles. The van der Waals surface area contributed by atoms with E-state index in [1.807, 2.05) is 18.2 Å². The Kier molecular flexibility index (Phi) is 5.82. The molecule has 2 rings (SSSR count). The summed E-state index contributed by atoms with van der Waals surface area (Å²) in [4.78, 5) is 12.6. The summed E-state index contributed by atoms with van der Waals surface area (Å²) >= 11 is 0. The number of hydrogen-bond donors (Lipinski definition) is 2. The molecule has 1 heterocycles. The molecule has 2 aromatic rings. The van der Waals surface area contributed by atoms with Gasteiger partial charge in [-0.05, 0) is 31.0 Å².